The van der Waals surface area contributed by atoms with Crippen LogP contribution in [-0.4, -0.2) is 38.5 Å². The summed E-state index contributed by atoms with van der Waals surface area (Å²) in [6.45, 7) is 8.05. The molecule has 0 radical (unpaired) electrons. The van der Waals surface area contributed by atoms with E-state index in [1.807, 2.05) is 0 Å². The molecule has 1 N–H and O–H groups in total. The fourth-order valence-corrected chi connectivity index (χ4v) is 4.05. The Bertz CT molecular complexity index is 264. The van der Waals surface area contributed by atoms with Gasteiger partial charge in [0.1, 0.15) is 0 Å². The highest BCUT2D eigenvalue weighted by Crippen LogP contribution is 2.53. The minimum atomic E-state index is 0.457. The smallest absolute Gasteiger partial charge is 0.0661 e. The van der Waals surface area contributed by atoms with Gasteiger partial charge in [0.15, 0.2) is 0 Å². The molecule has 2 aliphatic rings. The second-order valence-corrected chi connectivity index (χ2v) is 6.45. The molecule has 118 valence electrons. The first-order valence-corrected chi connectivity index (χ1v) is 8.76. The van der Waals surface area contributed by atoms with Crippen molar-refractivity contribution in [2.45, 2.75) is 77.4 Å². The molecule has 0 aromatic rings. The van der Waals surface area contributed by atoms with Crippen LogP contribution < -0.4 is 5.32 Å². The molecule has 2 unspecified atom stereocenters. The van der Waals surface area contributed by atoms with E-state index in [9.17, 15) is 0 Å². The molecule has 0 amide bonds. The van der Waals surface area contributed by atoms with Gasteiger partial charge in [0.25, 0.3) is 0 Å². The quantitative estimate of drug-likeness (QED) is 0.657. The van der Waals surface area contributed by atoms with Gasteiger partial charge in [-0.3, -0.25) is 0 Å². The summed E-state index contributed by atoms with van der Waals surface area (Å²) >= 11 is 0. The van der Waals surface area contributed by atoms with Crippen molar-refractivity contribution in [3.63, 3.8) is 0 Å². The highest BCUT2D eigenvalue weighted by Gasteiger charge is 2.55. The van der Waals surface area contributed by atoms with Crippen molar-refractivity contribution in [3.05, 3.63) is 0 Å². The molecule has 0 aromatic carbocycles. The van der Waals surface area contributed by atoms with Crippen molar-refractivity contribution in [1.29, 1.82) is 0 Å². The van der Waals surface area contributed by atoms with E-state index in [1.165, 1.54) is 38.5 Å². The fraction of sp³-hybridized carbons (Fsp3) is 1.00. The van der Waals surface area contributed by atoms with Crippen molar-refractivity contribution in [2.75, 3.05) is 26.4 Å². The van der Waals surface area contributed by atoms with Gasteiger partial charge in [0, 0.05) is 31.3 Å². The Morgan fingerprint density at radius 1 is 1.10 bits per heavy atom. The molecular formula is C17H33NO2. The molecule has 2 saturated carbocycles. The third-order valence-electron chi connectivity index (χ3n) is 5.14. The number of hydrogen-bond acceptors (Lipinski definition) is 3. The zero-order valence-corrected chi connectivity index (χ0v) is 13.5. The third kappa shape index (κ3) is 3.75. The summed E-state index contributed by atoms with van der Waals surface area (Å²) in [6, 6.07) is 0.686. The molecule has 2 aliphatic carbocycles. The summed E-state index contributed by atoms with van der Waals surface area (Å²) in [5.74, 6) is 0. The zero-order chi connectivity index (χ0) is 14.3. The van der Waals surface area contributed by atoms with Gasteiger partial charge in [-0.2, -0.15) is 0 Å². The van der Waals surface area contributed by atoms with E-state index < -0.39 is 0 Å². The first kappa shape index (κ1) is 16.3. The maximum Gasteiger partial charge on any atom is 0.0661 e. The molecule has 0 aliphatic heterocycles. The van der Waals surface area contributed by atoms with E-state index in [0.29, 0.717) is 17.6 Å². The van der Waals surface area contributed by atoms with Crippen LogP contribution in [-0.2, 0) is 9.47 Å². The van der Waals surface area contributed by atoms with E-state index in [1.54, 1.807) is 0 Å². The van der Waals surface area contributed by atoms with E-state index in [-0.39, 0.29) is 0 Å². The summed E-state index contributed by atoms with van der Waals surface area (Å²) in [5, 5.41) is 3.78. The maximum absolute atomic E-state index is 6.00. The Hall–Kier alpha value is -0.120. The van der Waals surface area contributed by atoms with Crippen LogP contribution in [0.25, 0.3) is 0 Å². The van der Waals surface area contributed by atoms with Crippen LogP contribution in [0.1, 0.15) is 65.2 Å². The molecule has 1 spiro atoms. The largest absolute Gasteiger partial charge is 0.381 e. The van der Waals surface area contributed by atoms with Gasteiger partial charge in [0.05, 0.1) is 6.10 Å². The number of nitrogens with one attached hydrogen (secondary N) is 1. The van der Waals surface area contributed by atoms with E-state index in [4.69, 9.17) is 9.47 Å². The molecule has 3 nitrogen and oxygen atoms in total. The molecule has 2 atom stereocenters. The van der Waals surface area contributed by atoms with E-state index in [2.05, 4.69) is 19.2 Å². The summed E-state index contributed by atoms with van der Waals surface area (Å²) < 4.78 is 11.5. The van der Waals surface area contributed by atoms with Crippen molar-refractivity contribution in [3.8, 4) is 0 Å². The van der Waals surface area contributed by atoms with Gasteiger partial charge in [-0.1, -0.05) is 26.2 Å². The molecule has 0 aromatic heterocycles. The Labute approximate surface area is 124 Å². The topological polar surface area (TPSA) is 30.5 Å². The average Bonchev–Trinajstić information content (AvgIpc) is 2.49. The van der Waals surface area contributed by atoms with Gasteiger partial charge in [-0.15, -0.1) is 0 Å². The highest BCUT2D eigenvalue weighted by atomic mass is 16.5. The molecular weight excluding hydrogens is 250 g/mol. The average molecular weight is 283 g/mol. The van der Waals surface area contributed by atoms with Crippen LogP contribution in [0.4, 0.5) is 0 Å². The maximum atomic E-state index is 6.00. The minimum absolute atomic E-state index is 0.457. The van der Waals surface area contributed by atoms with Crippen LogP contribution in [0.3, 0.4) is 0 Å². The first-order chi connectivity index (χ1) is 9.83. The van der Waals surface area contributed by atoms with E-state index in [0.717, 1.165) is 39.2 Å². The highest BCUT2D eigenvalue weighted by molar-refractivity contribution is 5.08. The molecule has 0 saturated heterocycles. The second kappa shape index (κ2) is 8.35. The summed E-state index contributed by atoms with van der Waals surface area (Å²) in [7, 11) is 0. The normalized spacial score (nSPS) is 28.5. The number of hydrogen-bond donors (Lipinski definition) is 1. The molecule has 20 heavy (non-hydrogen) atoms. The molecule has 2 rings (SSSR count). The minimum Gasteiger partial charge on any atom is -0.381 e. The van der Waals surface area contributed by atoms with Crippen LogP contribution >= 0.6 is 0 Å². The van der Waals surface area contributed by atoms with Crippen molar-refractivity contribution in [2.24, 2.45) is 5.41 Å². The van der Waals surface area contributed by atoms with Crippen molar-refractivity contribution < 1.29 is 9.47 Å². The molecule has 2 fully saturated rings. The predicted octanol–water partition coefficient (Wildman–Crippen LogP) is 3.52. The molecule has 0 heterocycles. The predicted molar refractivity (Wildman–Crippen MR) is 83.1 cm³/mol. The summed E-state index contributed by atoms with van der Waals surface area (Å²) in [6.07, 6.45) is 10.9. The Balaban J connectivity index is 1.71. The van der Waals surface area contributed by atoms with Gasteiger partial charge >= 0.3 is 0 Å². The van der Waals surface area contributed by atoms with Crippen molar-refractivity contribution >= 4 is 0 Å². The lowest BCUT2D eigenvalue weighted by molar-refractivity contribution is -0.150. The lowest BCUT2D eigenvalue weighted by Crippen LogP contribution is -2.64. The summed E-state index contributed by atoms with van der Waals surface area (Å²) in [5.41, 5.74) is 0.457. The Morgan fingerprint density at radius 3 is 2.60 bits per heavy atom. The lowest BCUT2D eigenvalue weighted by Gasteiger charge is -2.58. The Morgan fingerprint density at radius 2 is 1.90 bits per heavy atom. The number of rotatable bonds is 9. The molecule has 0 bridgehead atoms. The first-order valence-electron chi connectivity index (χ1n) is 8.76. The van der Waals surface area contributed by atoms with Crippen LogP contribution in [0.2, 0.25) is 0 Å². The second-order valence-electron chi connectivity index (χ2n) is 6.45. The van der Waals surface area contributed by atoms with Crippen molar-refractivity contribution in [1.82, 2.24) is 5.32 Å². The van der Waals surface area contributed by atoms with Crippen LogP contribution in [0, 0.1) is 5.41 Å². The SMILES string of the molecule is CCCOCCCNC1CC(OCC)C12CCCCC2. The third-order valence-corrected chi connectivity index (χ3v) is 5.14. The van der Waals surface area contributed by atoms with Crippen LogP contribution in [0.15, 0.2) is 0 Å². The zero-order valence-electron chi connectivity index (χ0n) is 13.5. The van der Waals surface area contributed by atoms with Gasteiger partial charge in [0.2, 0.25) is 0 Å². The summed E-state index contributed by atoms with van der Waals surface area (Å²) in [4.78, 5) is 0. The molecule has 3 heteroatoms. The fourth-order valence-electron chi connectivity index (χ4n) is 4.05. The van der Waals surface area contributed by atoms with E-state index >= 15 is 0 Å². The van der Waals surface area contributed by atoms with Gasteiger partial charge in [-0.25, -0.2) is 0 Å². The lowest BCUT2D eigenvalue weighted by atomic mass is 9.55. The van der Waals surface area contributed by atoms with Crippen LogP contribution in [0.5, 0.6) is 0 Å². The van der Waals surface area contributed by atoms with Gasteiger partial charge < -0.3 is 14.8 Å². The standard InChI is InChI=1S/C17H33NO2/c1-3-12-19-13-8-11-18-15-14-16(20-4-2)17(15)9-6-5-7-10-17/h15-16,18H,3-14H2,1-2H3. The number of ether oxygens (including phenoxy) is 2. The van der Waals surface area contributed by atoms with Gasteiger partial charge in [-0.05, 0) is 45.6 Å². The monoisotopic (exact) mass is 283 g/mol. The Kier molecular flexibility index (Phi) is 6.79.